The molecule has 128 valence electrons. The second kappa shape index (κ2) is 7.02. The van der Waals surface area contributed by atoms with Crippen molar-refractivity contribution in [1.82, 2.24) is 20.0 Å². The van der Waals surface area contributed by atoms with Gasteiger partial charge in [-0.15, -0.1) is 11.3 Å². The standard InChI is InChI=1S/C17H16N4O3S/c22-17(13-9-14(24-20-13)15-4-2-8-25-15)21-7-1-3-12(10-21)23-16-5-6-18-11-19-16/h2,4-6,8-9,11-12H,1,3,7,10H2/t12-/m0/s1. The van der Waals surface area contributed by atoms with Gasteiger partial charge >= 0.3 is 0 Å². The van der Waals surface area contributed by atoms with Gasteiger partial charge in [0, 0.05) is 24.9 Å². The van der Waals surface area contributed by atoms with Crippen LogP contribution in [0.2, 0.25) is 0 Å². The van der Waals surface area contributed by atoms with Crippen molar-refractivity contribution in [3.8, 4) is 16.5 Å². The third-order valence-corrected chi connectivity index (χ3v) is 4.89. The van der Waals surface area contributed by atoms with E-state index >= 15 is 0 Å². The lowest BCUT2D eigenvalue weighted by molar-refractivity contribution is 0.0518. The number of piperidine rings is 1. The lowest BCUT2D eigenvalue weighted by Gasteiger charge is -2.32. The molecule has 0 unspecified atom stereocenters. The molecule has 1 fully saturated rings. The van der Waals surface area contributed by atoms with E-state index in [1.807, 2.05) is 17.5 Å². The van der Waals surface area contributed by atoms with E-state index in [-0.39, 0.29) is 12.0 Å². The topological polar surface area (TPSA) is 81.4 Å². The summed E-state index contributed by atoms with van der Waals surface area (Å²) >= 11 is 1.55. The number of nitrogens with zero attached hydrogens (tertiary/aromatic N) is 4. The predicted octanol–water partition coefficient (Wildman–Crippen LogP) is 2.88. The number of rotatable bonds is 4. The lowest BCUT2D eigenvalue weighted by Crippen LogP contribution is -2.44. The van der Waals surface area contributed by atoms with Crippen molar-refractivity contribution in [3.05, 3.63) is 47.9 Å². The molecule has 4 heterocycles. The Morgan fingerprint density at radius 3 is 3.16 bits per heavy atom. The van der Waals surface area contributed by atoms with Crippen LogP contribution in [0.3, 0.4) is 0 Å². The molecule has 0 aliphatic carbocycles. The SMILES string of the molecule is O=C(c1cc(-c2cccs2)on1)N1CCC[C@H](Oc2ccncn2)C1. The van der Waals surface area contributed by atoms with Crippen LogP contribution in [0.4, 0.5) is 0 Å². The van der Waals surface area contributed by atoms with Crippen molar-refractivity contribution in [2.24, 2.45) is 0 Å². The molecule has 1 saturated heterocycles. The quantitative estimate of drug-likeness (QED) is 0.715. The van der Waals surface area contributed by atoms with Crippen LogP contribution < -0.4 is 4.74 Å². The highest BCUT2D eigenvalue weighted by Crippen LogP contribution is 2.26. The van der Waals surface area contributed by atoms with E-state index < -0.39 is 0 Å². The Kier molecular flexibility index (Phi) is 4.43. The first kappa shape index (κ1) is 15.8. The first-order valence-corrected chi connectivity index (χ1v) is 8.90. The van der Waals surface area contributed by atoms with E-state index in [4.69, 9.17) is 9.26 Å². The number of hydrogen-bond donors (Lipinski definition) is 0. The van der Waals surface area contributed by atoms with Gasteiger partial charge in [0.25, 0.3) is 5.91 Å². The maximum Gasteiger partial charge on any atom is 0.276 e. The highest BCUT2D eigenvalue weighted by Gasteiger charge is 2.28. The fourth-order valence-corrected chi connectivity index (χ4v) is 3.48. The zero-order valence-electron chi connectivity index (χ0n) is 13.4. The molecule has 1 amide bonds. The monoisotopic (exact) mass is 356 g/mol. The summed E-state index contributed by atoms with van der Waals surface area (Å²) < 4.78 is 11.2. The van der Waals surface area contributed by atoms with Gasteiger partial charge in [-0.2, -0.15) is 0 Å². The Balaban J connectivity index is 1.43. The maximum absolute atomic E-state index is 12.7. The van der Waals surface area contributed by atoms with Gasteiger partial charge in [-0.25, -0.2) is 9.97 Å². The first-order valence-electron chi connectivity index (χ1n) is 8.02. The normalized spacial score (nSPS) is 17.4. The summed E-state index contributed by atoms with van der Waals surface area (Å²) in [6.45, 7) is 1.19. The molecule has 0 saturated carbocycles. The van der Waals surface area contributed by atoms with Crippen LogP contribution in [0.25, 0.3) is 10.6 Å². The van der Waals surface area contributed by atoms with Crippen LogP contribution in [0.5, 0.6) is 5.88 Å². The third-order valence-electron chi connectivity index (χ3n) is 4.00. The molecule has 25 heavy (non-hydrogen) atoms. The van der Waals surface area contributed by atoms with Gasteiger partial charge < -0.3 is 14.2 Å². The van der Waals surface area contributed by atoms with Crippen molar-refractivity contribution in [2.75, 3.05) is 13.1 Å². The van der Waals surface area contributed by atoms with Crippen molar-refractivity contribution in [2.45, 2.75) is 18.9 Å². The largest absolute Gasteiger partial charge is 0.472 e. The number of ether oxygens (including phenoxy) is 1. The van der Waals surface area contributed by atoms with Gasteiger partial charge in [-0.1, -0.05) is 11.2 Å². The van der Waals surface area contributed by atoms with E-state index in [9.17, 15) is 4.79 Å². The van der Waals surface area contributed by atoms with Gasteiger partial charge in [-0.05, 0) is 24.3 Å². The van der Waals surface area contributed by atoms with E-state index in [1.54, 1.807) is 34.6 Å². The molecule has 7 nitrogen and oxygen atoms in total. The fraction of sp³-hybridized carbons (Fsp3) is 0.294. The lowest BCUT2D eigenvalue weighted by atomic mass is 10.1. The molecule has 0 bridgehead atoms. The Morgan fingerprint density at radius 2 is 2.36 bits per heavy atom. The summed E-state index contributed by atoms with van der Waals surface area (Å²) in [5, 5.41) is 5.89. The zero-order valence-corrected chi connectivity index (χ0v) is 14.2. The number of aromatic nitrogens is 3. The minimum atomic E-state index is -0.137. The molecular weight excluding hydrogens is 340 g/mol. The molecule has 1 aliphatic rings. The summed E-state index contributed by atoms with van der Waals surface area (Å²) in [7, 11) is 0. The van der Waals surface area contributed by atoms with Gasteiger partial charge in [0.2, 0.25) is 5.88 Å². The smallest absolute Gasteiger partial charge is 0.276 e. The molecule has 0 N–H and O–H groups in total. The van der Waals surface area contributed by atoms with Crippen LogP contribution in [0, 0.1) is 0 Å². The van der Waals surface area contributed by atoms with E-state index in [0.29, 0.717) is 30.4 Å². The summed E-state index contributed by atoms with van der Waals surface area (Å²) in [4.78, 5) is 23.4. The Labute approximate surface area is 148 Å². The number of carbonyl (C=O) groups excluding carboxylic acids is 1. The van der Waals surface area contributed by atoms with Gasteiger partial charge in [0.15, 0.2) is 11.5 Å². The number of hydrogen-bond acceptors (Lipinski definition) is 7. The average Bonchev–Trinajstić information content (AvgIpc) is 3.34. The van der Waals surface area contributed by atoms with Crippen molar-refractivity contribution >= 4 is 17.2 Å². The van der Waals surface area contributed by atoms with Crippen LogP contribution in [0.1, 0.15) is 23.3 Å². The minimum absolute atomic E-state index is 0.0868. The van der Waals surface area contributed by atoms with Gasteiger partial charge in [0.1, 0.15) is 12.4 Å². The molecule has 3 aromatic heterocycles. The molecule has 4 rings (SSSR count). The first-order chi connectivity index (χ1) is 12.3. The highest BCUT2D eigenvalue weighted by molar-refractivity contribution is 7.13. The summed E-state index contributed by atoms with van der Waals surface area (Å²) in [5.74, 6) is 1.00. The molecule has 3 aromatic rings. The van der Waals surface area contributed by atoms with E-state index in [0.717, 1.165) is 17.7 Å². The molecule has 8 heteroatoms. The Bertz CT molecular complexity index is 835. The molecular formula is C17H16N4O3S. The van der Waals surface area contributed by atoms with Crippen LogP contribution in [0.15, 0.2) is 46.7 Å². The fourth-order valence-electron chi connectivity index (χ4n) is 2.81. The van der Waals surface area contributed by atoms with Crippen molar-refractivity contribution < 1.29 is 14.1 Å². The van der Waals surface area contributed by atoms with Crippen LogP contribution in [-0.4, -0.2) is 45.1 Å². The number of thiophene rings is 1. The van der Waals surface area contributed by atoms with E-state index in [2.05, 4.69) is 15.1 Å². The highest BCUT2D eigenvalue weighted by atomic mass is 32.1. The predicted molar refractivity (Wildman–Crippen MR) is 91.4 cm³/mol. The van der Waals surface area contributed by atoms with Crippen molar-refractivity contribution in [3.63, 3.8) is 0 Å². The zero-order chi connectivity index (χ0) is 17.1. The van der Waals surface area contributed by atoms with Gasteiger partial charge in [-0.3, -0.25) is 4.79 Å². The molecule has 0 radical (unpaired) electrons. The second-order valence-corrected chi connectivity index (χ2v) is 6.68. The summed E-state index contributed by atoms with van der Waals surface area (Å²) in [6.07, 6.45) is 4.75. The van der Waals surface area contributed by atoms with Gasteiger partial charge in [0.05, 0.1) is 11.4 Å². The Morgan fingerprint density at radius 1 is 1.40 bits per heavy atom. The van der Waals surface area contributed by atoms with Crippen molar-refractivity contribution in [1.29, 1.82) is 0 Å². The second-order valence-electron chi connectivity index (χ2n) is 5.73. The number of carbonyl (C=O) groups is 1. The molecule has 1 aliphatic heterocycles. The molecule has 1 atom stereocenters. The van der Waals surface area contributed by atoms with E-state index in [1.165, 1.54) is 6.33 Å². The average molecular weight is 356 g/mol. The summed E-state index contributed by atoms with van der Waals surface area (Å²) in [6, 6.07) is 7.28. The number of likely N-dealkylation sites (tertiary alicyclic amines) is 1. The Hall–Kier alpha value is -2.74. The minimum Gasteiger partial charge on any atom is -0.472 e. The summed E-state index contributed by atoms with van der Waals surface area (Å²) in [5.41, 5.74) is 0.325. The number of amides is 1. The van der Waals surface area contributed by atoms with Crippen LogP contribution >= 0.6 is 11.3 Å². The molecule has 0 spiro atoms. The third kappa shape index (κ3) is 3.53. The molecule has 0 aromatic carbocycles. The van der Waals surface area contributed by atoms with Crippen LogP contribution in [-0.2, 0) is 0 Å². The maximum atomic E-state index is 12.7.